The smallest absolute Gasteiger partial charge is 0.163 e. The summed E-state index contributed by atoms with van der Waals surface area (Å²) in [7, 11) is 0. The molecular formula is C29H32ClN3O4. The monoisotopic (exact) mass is 521 g/mol. The first-order valence-corrected chi connectivity index (χ1v) is 13.7. The number of nitrogens with one attached hydrogen (secondary N) is 1. The fraction of sp³-hybridized carbons (Fsp3) is 0.448. The molecule has 7 nitrogen and oxygen atoms in total. The molecule has 2 aromatic carbocycles. The number of aliphatic hydroxyl groups is 3. The van der Waals surface area contributed by atoms with Crippen LogP contribution in [0, 0.1) is 0 Å². The first-order chi connectivity index (χ1) is 18.0. The van der Waals surface area contributed by atoms with E-state index < -0.39 is 30.6 Å². The van der Waals surface area contributed by atoms with Crippen molar-refractivity contribution >= 4 is 22.5 Å². The van der Waals surface area contributed by atoms with Crippen molar-refractivity contribution in [3.63, 3.8) is 0 Å². The number of aromatic amines is 1. The molecule has 1 aliphatic heterocycles. The van der Waals surface area contributed by atoms with Crippen molar-refractivity contribution < 1.29 is 20.1 Å². The zero-order valence-electron chi connectivity index (χ0n) is 20.5. The van der Waals surface area contributed by atoms with Crippen molar-refractivity contribution in [2.24, 2.45) is 0 Å². The predicted octanol–water partition coefficient (Wildman–Crippen LogP) is 4.45. The third-order valence-electron chi connectivity index (χ3n) is 8.23. The quantitative estimate of drug-likeness (QED) is 0.289. The maximum absolute atomic E-state index is 11.0. The predicted molar refractivity (Wildman–Crippen MR) is 141 cm³/mol. The van der Waals surface area contributed by atoms with Crippen molar-refractivity contribution in [1.82, 2.24) is 14.3 Å². The van der Waals surface area contributed by atoms with Gasteiger partial charge in [0.05, 0.1) is 22.8 Å². The van der Waals surface area contributed by atoms with Gasteiger partial charge in [0, 0.05) is 23.7 Å². The molecule has 2 aromatic heterocycles. The van der Waals surface area contributed by atoms with Crippen LogP contribution in [0.25, 0.3) is 10.9 Å². The van der Waals surface area contributed by atoms with Gasteiger partial charge in [-0.25, -0.2) is 0 Å². The van der Waals surface area contributed by atoms with Gasteiger partial charge in [0.2, 0.25) is 0 Å². The first kappa shape index (κ1) is 23.6. The van der Waals surface area contributed by atoms with Crippen LogP contribution in [0.4, 0.5) is 0 Å². The fourth-order valence-corrected chi connectivity index (χ4v) is 6.05. The Morgan fingerprint density at radius 3 is 2.32 bits per heavy atom. The van der Waals surface area contributed by atoms with Crippen LogP contribution in [0.5, 0.6) is 0 Å². The summed E-state index contributed by atoms with van der Waals surface area (Å²) in [5.74, 6) is 1.33. The van der Waals surface area contributed by atoms with E-state index in [1.807, 2.05) is 39.8 Å². The standard InChI is InChI=1S/C29H32ClN3O4/c30-21-2-1-3-23-25(21)20(12-16-4-6-17(7-5-16)18-8-9-18)13-33(23)29-28(36)27(35)26(34)24(37-29)15-32-14-22(31-32)19-10-11-19/h1-7,13-14,18-19,24,26-29,31,34-36H,8-12,15H2/t24-,26-,27+,28-,29-/m1/s1. The number of fused-ring (bicyclic) bond motifs is 1. The van der Waals surface area contributed by atoms with Crippen LogP contribution in [0.2, 0.25) is 5.02 Å². The summed E-state index contributed by atoms with van der Waals surface area (Å²) in [5, 5.41) is 37.3. The summed E-state index contributed by atoms with van der Waals surface area (Å²) in [4.78, 5) is 0. The molecular weight excluding hydrogens is 490 g/mol. The average Bonchev–Trinajstić information content (AvgIpc) is 3.80. The summed E-state index contributed by atoms with van der Waals surface area (Å²) in [6.07, 6.45) is 4.25. The molecule has 5 atom stereocenters. The molecule has 4 aromatic rings. The van der Waals surface area contributed by atoms with Crippen molar-refractivity contribution in [1.29, 1.82) is 0 Å². The summed E-state index contributed by atoms with van der Waals surface area (Å²) in [6, 6.07) is 14.5. The van der Waals surface area contributed by atoms with Gasteiger partial charge in [-0.05, 0) is 66.8 Å². The van der Waals surface area contributed by atoms with Crippen LogP contribution < -0.4 is 0 Å². The van der Waals surface area contributed by atoms with E-state index in [1.165, 1.54) is 42.5 Å². The number of aromatic nitrogens is 3. The zero-order valence-corrected chi connectivity index (χ0v) is 21.3. The molecule has 7 rings (SSSR count). The maximum Gasteiger partial charge on any atom is 0.163 e. The van der Waals surface area contributed by atoms with Gasteiger partial charge >= 0.3 is 0 Å². The number of ether oxygens (including phenoxy) is 1. The molecule has 8 heteroatoms. The third kappa shape index (κ3) is 4.33. The Bertz CT molecular complexity index is 1400. The number of nitrogens with zero attached hydrogens (tertiary/aromatic N) is 2. The molecule has 3 heterocycles. The highest BCUT2D eigenvalue weighted by Crippen LogP contribution is 2.41. The Morgan fingerprint density at radius 2 is 1.62 bits per heavy atom. The van der Waals surface area contributed by atoms with E-state index in [1.54, 1.807) is 0 Å². The topological polar surface area (TPSA) is 95.6 Å². The van der Waals surface area contributed by atoms with Crippen LogP contribution >= 0.6 is 11.6 Å². The van der Waals surface area contributed by atoms with E-state index in [-0.39, 0.29) is 0 Å². The van der Waals surface area contributed by atoms with Crippen LogP contribution in [0.15, 0.2) is 54.9 Å². The molecule has 0 amide bonds. The van der Waals surface area contributed by atoms with E-state index in [4.69, 9.17) is 16.3 Å². The van der Waals surface area contributed by atoms with E-state index in [0.717, 1.165) is 16.5 Å². The van der Waals surface area contributed by atoms with Gasteiger partial charge in [-0.2, -0.15) is 0 Å². The van der Waals surface area contributed by atoms with Crippen molar-refractivity contribution in [3.8, 4) is 0 Å². The molecule has 194 valence electrons. The Balaban J connectivity index is 1.19. The second-order valence-electron chi connectivity index (χ2n) is 11.0. The highest BCUT2D eigenvalue weighted by Gasteiger charge is 2.45. The minimum absolute atomic E-state index is 0.359. The lowest BCUT2D eigenvalue weighted by Crippen LogP contribution is -2.56. The SMILES string of the molecule is O[C@@H]1[C@@H](O)[C@H](n2cc(Cc3ccc(C4CC4)cc3)c3c(Cl)cccc32)O[C@H](Cn2cc(C3CC3)[nH]2)[C@H]1O. The summed E-state index contributed by atoms with van der Waals surface area (Å²) >= 11 is 6.68. The Morgan fingerprint density at radius 1 is 0.892 bits per heavy atom. The highest BCUT2D eigenvalue weighted by molar-refractivity contribution is 6.35. The molecule has 1 saturated heterocycles. The summed E-state index contributed by atoms with van der Waals surface area (Å²) in [6.45, 7) is 0.359. The van der Waals surface area contributed by atoms with Crippen LogP contribution in [-0.4, -0.2) is 54.1 Å². The number of aliphatic hydroxyl groups excluding tert-OH is 3. The van der Waals surface area contributed by atoms with Gasteiger partial charge in [0.15, 0.2) is 6.23 Å². The van der Waals surface area contributed by atoms with Crippen LogP contribution in [0.1, 0.15) is 66.1 Å². The van der Waals surface area contributed by atoms with Gasteiger partial charge in [0.25, 0.3) is 0 Å². The van der Waals surface area contributed by atoms with Crippen LogP contribution in [0.3, 0.4) is 0 Å². The highest BCUT2D eigenvalue weighted by atomic mass is 35.5. The number of benzene rings is 2. The number of hydrogen-bond acceptors (Lipinski definition) is 4. The molecule has 3 aliphatic rings. The summed E-state index contributed by atoms with van der Waals surface area (Å²) in [5.41, 5.74) is 5.64. The minimum atomic E-state index is -1.34. The molecule has 2 saturated carbocycles. The second kappa shape index (κ2) is 9.03. The van der Waals surface area contributed by atoms with Gasteiger partial charge in [0.1, 0.15) is 24.4 Å². The van der Waals surface area contributed by atoms with Gasteiger partial charge in [-0.15, -0.1) is 0 Å². The Labute approximate surface area is 220 Å². The van der Waals surface area contributed by atoms with Gasteiger partial charge in [-0.1, -0.05) is 41.9 Å². The average molecular weight is 522 g/mol. The van der Waals surface area contributed by atoms with E-state index in [2.05, 4.69) is 29.4 Å². The molecule has 3 fully saturated rings. The molecule has 0 bridgehead atoms. The normalized spacial score (nSPS) is 28.3. The van der Waals surface area contributed by atoms with E-state index in [0.29, 0.717) is 29.8 Å². The molecule has 0 unspecified atom stereocenters. The fourth-order valence-electron chi connectivity index (χ4n) is 5.76. The minimum Gasteiger partial charge on any atom is -0.388 e. The number of H-pyrrole nitrogens is 1. The largest absolute Gasteiger partial charge is 0.388 e. The second-order valence-corrected chi connectivity index (χ2v) is 11.5. The Kier molecular flexibility index (Phi) is 5.75. The van der Waals surface area contributed by atoms with E-state index >= 15 is 0 Å². The lowest BCUT2D eigenvalue weighted by molar-refractivity contribution is -0.247. The molecule has 2 aliphatic carbocycles. The lowest BCUT2D eigenvalue weighted by Gasteiger charge is -2.41. The molecule has 0 spiro atoms. The number of hydrogen-bond donors (Lipinski definition) is 4. The zero-order chi connectivity index (χ0) is 25.3. The maximum atomic E-state index is 11.0. The van der Waals surface area contributed by atoms with Gasteiger partial charge < -0.3 is 29.7 Å². The van der Waals surface area contributed by atoms with Gasteiger partial charge in [-0.3, -0.25) is 4.68 Å². The number of rotatable bonds is 7. The van der Waals surface area contributed by atoms with Crippen LogP contribution in [-0.2, 0) is 17.7 Å². The third-order valence-corrected chi connectivity index (χ3v) is 8.55. The lowest BCUT2D eigenvalue weighted by atomic mass is 9.97. The molecule has 37 heavy (non-hydrogen) atoms. The summed E-state index contributed by atoms with van der Waals surface area (Å²) < 4.78 is 10.0. The van der Waals surface area contributed by atoms with Crippen molar-refractivity contribution in [2.75, 3.05) is 0 Å². The first-order valence-electron chi connectivity index (χ1n) is 13.3. The molecule has 4 N–H and O–H groups in total. The number of halogens is 1. The van der Waals surface area contributed by atoms with Crippen molar-refractivity contribution in [3.05, 3.63) is 82.3 Å². The van der Waals surface area contributed by atoms with Crippen molar-refractivity contribution in [2.45, 2.75) is 81.1 Å². The molecule has 0 radical (unpaired) electrons. The Hall–Kier alpha value is -2.55. The van der Waals surface area contributed by atoms with E-state index in [9.17, 15) is 15.3 Å².